The quantitative estimate of drug-likeness (QED) is 0.440. The van der Waals surface area contributed by atoms with Gasteiger partial charge in [-0.3, -0.25) is 0 Å². The van der Waals surface area contributed by atoms with Crippen LogP contribution in [0.2, 0.25) is 0 Å². The molecule has 16 heteroatoms. The Bertz CT molecular complexity index is 475. The fourth-order valence-electron chi connectivity index (χ4n) is 1.03. The van der Waals surface area contributed by atoms with Crippen LogP contribution < -0.4 is 24.0 Å². The van der Waals surface area contributed by atoms with Crippen LogP contribution >= 0.6 is 0 Å². The molecular formula is C8H2F13LiO2. The maximum atomic E-state index is 12.8. The van der Waals surface area contributed by atoms with Crippen LogP contribution in [-0.2, 0) is 4.79 Å². The molecule has 0 fully saturated rings. The fraction of sp³-hybridized carbons (Fsp3) is 0.875. The third kappa shape index (κ3) is 3.04. The molecular weight excluding hydrogens is 382 g/mol. The number of aliphatic carboxylic acids is 1. The minimum Gasteiger partial charge on any atom is -0.544 e. The first-order valence-corrected chi connectivity index (χ1v) is 4.80. The van der Waals surface area contributed by atoms with E-state index in [-0.39, 0.29) is 18.9 Å². The molecule has 0 aromatic rings. The van der Waals surface area contributed by atoms with Crippen molar-refractivity contribution in [1.82, 2.24) is 0 Å². The molecule has 24 heavy (non-hydrogen) atoms. The van der Waals surface area contributed by atoms with Crippen molar-refractivity contribution in [2.75, 3.05) is 6.67 Å². The van der Waals surface area contributed by atoms with Crippen molar-refractivity contribution in [3.63, 3.8) is 0 Å². The molecule has 0 rings (SSSR count). The summed E-state index contributed by atoms with van der Waals surface area (Å²) in [7, 11) is 0. The first-order valence-electron chi connectivity index (χ1n) is 4.80. The first-order chi connectivity index (χ1) is 9.75. The summed E-state index contributed by atoms with van der Waals surface area (Å²) in [6.45, 7) is -3.74. The summed E-state index contributed by atoms with van der Waals surface area (Å²) in [6.07, 6.45) is 0. The van der Waals surface area contributed by atoms with Crippen molar-refractivity contribution < 1.29 is 85.8 Å². The first kappa shape index (κ1) is 25.4. The number of hydrogen-bond donors (Lipinski definition) is 0. The minimum atomic E-state index is -8.04. The van der Waals surface area contributed by atoms with Gasteiger partial charge in [0.25, 0.3) is 0 Å². The molecule has 0 radical (unpaired) electrons. The number of carbonyl (C=O) groups is 1. The molecule has 0 saturated heterocycles. The zero-order valence-electron chi connectivity index (χ0n) is 10.9. The third-order valence-electron chi connectivity index (χ3n) is 2.46. The standard InChI is InChI=1S/C8H3F13O2.Li/c9-1-3(10,11)5(14,15)7(18,19)8(20,21)6(16,17)4(12,13)2(22)23;/h1H2,(H,22,23);/q;+1/p-1. The van der Waals surface area contributed by atoms with Crippen molar-refractivity contribution in [2.24, 2.45) is 0 Å². The summed E-state index contributed by atoms with van der Waals surface area (Å²) in [5.74, 6) is -49.6. The van der Waals surface area contributed by atoms with Crippen molar-refractivity contribution >= 4 is 5.97 Å². The number of carboxylic acid groups (broad SMARTS) is 1. The Balaban J connectivity index is 0. The molecule has 0 aliphatic heterocycles. The van der Waals surface area contributed by atoms with Crippen LogP contribution in [0.3, 0.4) is 0 Å². The van der Waals surface area contributed by atoms with Crippen LogP contribution in [0.25, 0.3) is 0 Å². The number of carboxylic acids is 1. The number of halogens is 13. The second-order valence-corrected chi connectivity index (χ2v) is 4.00. The summed E-state index contributed by atoms with van der Waals surface area (Å²) >= 11 is 0. The van der Waals surface area contributed by atoms with Gasteiger partial charge in [-0.25, -0.2) is 4.39 Å². The van der Waals surface area contributed by atoms with Gasteiger partial charge in [0.15, 0.2) is 6.67 Å². The van der Waals surface area contributed by atoms with Crippen LogP contribution in [-0.4, -0.2) is 48.2 Å². The molecule has 0 bridgehead atoms. The molecule has 0 saturated carbocycles. The number of carbonyl (C=O) groups excluding carboxylic acids is 1. The van der Waals surface area contributed by atoms with E-state index in [1.54, 1.807) is 0 Å². The van der Waals surface area contributed by atoms with Crippen molar-refractivity contribution in [3.8, 4) is 0 Å². The number of rotatable bonds is 7. The molecule has 2 nitrogen and oxygen atoms in total. The van der Waals surface area contributed by atoms with Crippen LogP contribution in [0.4, 0.5) is 57.1 Å². The van der Waals surface area contributed by atoms with Crippen LogP contribution in [0.15, 0.2) is 0 Å². The summed E-state index contributed by atoms with van der Waals surface area (Å²) in [6, 6.07) is 0. The van der Waals surface area contributed by atoms with E-state index in [1.807, 2.05) is 0 Å². The summed E-state index contributed by atoms with van der Waals surface area (Å²) in [5, 5.41) is 9.63. The van der Waals surface area contributed by atoms with Gasteiger partial charge in [0.2, 0.25) is 0 Å². The van der Waals surface area contributed by atoms with Crippen molar-refractivity contribution in [2.45, 2.75) is 35.5 Å². The average molecular weight is 384 g/mol. The Morgan fingerprint density at radius 1 is 0.667 bits per heavy atom. The molecule has 0 spiro atoms. The molecule has 0 atom stereocenters. The van der Waals surface area contributed by atoms with E-state index in [0.717, 1.165) is 0 Å². The van der Waals surface area contributed by atoms with Gasteiger partial charge >= 0.3 is 54.4 Å². The predicted molar refractivity (Wildman–Crippen MR) is 40.7 cm³/mol. The Labute approximate surface area is 135 Å². The second kappa shape index (κ2) is 6.47. The minimum absolute atomic E-state index is 0. The molecule has 0 heterocycles. The van der Waals surface area contributed by atoms with E-state index in [2.05, 4.69) is 0 Å². The molecule has 138 valence electrons. The van der Waals surface area contributed by atoms with Crippen molar-refractivity contribution in [1.29, 1.82) is 0 Å². The van der Waals surface area contributed by atoms with E-state index in [0.29, 0.717) is 0 Å². The Morgan fingerprint density at radius 3 is 1.21 bits per heavy atom. The van der Waals surface area contributed by atoms with Gasteiger partial charge in [-0.2, -0.15) is 52.7 Å². The topological polar surface area (TPSA) is 40.1 Å². The van der Waals surface area contributed by atoms with Gasteiger partial charge in [0, 0.05) is 0 Å². The molecule has 0 amide bonds. The van der Waals surface area contributed by atoms with E-state index in [4.69, 9.17) is 0 Å². The van der Waals surface area contributed by atoms with E-state index in [1.165, 1.54) is 0 Å². The largest absolute Gasteiger partial charge is 1.00 e. The maximum absolute atomic E-state index is 12.8. The van der Waals surface area contributed by atoms with E-state index >= 15 is 0 Å². The third-order valence-corrected chi connectivity index (χ3v) is 2.46. The van der Waals surface area contributed by atoms with E-state index < -0.39 is 48.2 Å². The van der Waals surface area contributed by atoms with E-state index in [9.17, 15) is 67.0 Å². The Hall–Kier alpha value is -0.843. The monoisotopic (exact) mass is 384 g/mol. The van der Waals surface area contributed by atoms with Crippen LogP contribution in [0.5, 0.6) is 0 Å². The summed E-state index contributed by atoms with van der Waals surface area (Å²) in [5.41, 5.74) is 0. The Morgan fingerprint density at radius 2 is 0.958 bits per heavy atom. The number of alkyl halides is 13. The Kier molecular flexibility index (Phi) is 6.85. The van der Waals surface area contributed by atoms with Gasteiger partial charge in [0.1, 0.15) is 5.97 Å². The van der Waals surface area contributed by atoms with Crippen molar-refractivity contribution in [3.05, 3.63) is 0 Å². The maximum Gasteiger partial charge on any atom is 1.00 e. The molecule has 0 aliphatic carbocycles. The predicted octanol–water partition coefficient (Wildman–Crippen LogP) is -0.478. The van der Waals surface area contributed by atoms with Gasteiger partial charge in [-0.1, -0.05) is 0 Å². The zero-order chi connectivity index (χ0) is 19.3. The smallest absolute Gasteiger partial charge is 0.544 e. The normalized spacial score (nSPS) is 15.0. The molecule has 0 aliphatic rings. The SMILES string of the molecule is O=C([O-])C(F)(F)C(F)(F)C(F)(F)C(F)(F)C(F)(F)C(F)(F)CF.[Li+]. The fourth-order valence-corrected chi connectivity index (χ4v) is 1.03. The van der Waals surface area contributed by atoms with Gasteiger partial charge in [-0.05, 0) is 0 Å². The molecule has 0 unspecified atom stereocenters. The second-order valence-electron chi connectivity index (χ2n) is 4.00. The van der Waals surface area contributed by atoms with Gasteiger partial charge in [-0.15, -0.1) is 0 Å². The molecule has 0 aromatic carbocycles. The summed E-state index contributed by atoms with van der Waals surface area (Å²) in [4.78, 5) is 9.63. The van der Waals surface area contributed by atoms with Crippen LogP contribution in [0, 0.1) is 0 Å². The molecule has 0 aromatic heterocycles. The average Bonchev–Trinajstić information content (AvgIpc) is 2.37. The van der Waals surface area contributed by atoms with Gasteiger partial charge in [0.05, 0.1) is 0 Å². The van der Waals surface area contributed by atoms with Crippen LogP contribution in [0.1, 0.15) is 0 Å². The number of hydrogen-bond acceptors (Lipinski definition) is 2. The zero-order valence-corrected chi connectivity index (χ0v) is 10.9. The van der Waals surface area contributed by atoms with Gasteiger partial charge < -0.3 is 9.90 Å². The molecule has 0 N–H and O–H groups in total. The summed E-state index contributed by atoms with van der Waals surface area (Å²) < 4.78 is 163.